The van der Waals surface area contributed by atoms with Gasteiger partial charge < -0.3 is 5.32 Å². The number of carbonyl (C=O) groups excluding carboxylic acids is 1. The number of thioether (sulfide) groups is 1. The van der Waals surface area contributed by atoms with Crippen molar-refractivity contribution in [1.82, 2.24) is 19.6 Å². The number of carbonyl (C=O) groups is 1. The van der Waals surface area contributed by atoms with Crippen LogP contribution in [0, 0.1) is 0 Å². The minimum Gasteiger partial charge on any atom is -0.305 e. The molecular weight excluding hydrogens is 320 g/mol. The normalized spacial score (nSPS) is 10.4. The molecule has 0 saturated carbocycles. The summed E-state index contributed by atoms with van der Waals surface area (Å²) in [5.74, 6) is 0.790. The van der Waals surface area contributed by atoms with Crippen molar-refractivity contribution in [2.24, 2.45) is 0 Å². The molecule has 3 rings (SSSR count). The second kappa shape index (κ2) is 7.05. The average Bonchev–Trinajstić information content (AvgIpc) is 3.18. The van der Waals surface area contributed by atoms with E-state index in [-0.39, 0.29) is 6.03 Å². The fourth-order valence-electron chi connectivity index (χ4n) is 1.62. The van der Waals surface area contributed by atoms with E-state index in [2.05, 4.69) is 42.3 Å². The van der Waals surface area contributed by atoms with Crippen molar-refractivity contribution in [1.29, 1.82) is 0 Å². The van der Waals surface area contributed by atoms with Gasteiger partial charge in [0.25, 0.3) is 0 Å². The van der Waals surface area contributed by atoms with Crippen molar-refractivity contribution in [2.45, 2.75) is 10.9 Å². The van der Waals surface area contributed by atoms with E-state index in [1.54, 1.807) is 6.20 Å². The first kappa shape index (κ1) is 14.5. The van der Waals surface area contributed by atoms with Gasteiger partial charge in [0, 0.05) is 23.5 Å². The largest absolute Gasteiger partial charge is 0.325 e. The topological polar surface area (TPSA) is 95.6 Å². The third-order valence-electron chi connectivity index (χ3n) is 2.59. The van der Waals surface area contributed by atoms with Gasteiger partial charge in [-0.05, 0) is 5.56 Å². The first-order valence-corrected chi connectivity index (χ1v) is 8.13. The van der Waals surface area contributed by atoms with Crippen LogP contribution >= 0.6 is 23.3 Å². The molecule has 3 aromatic rings. The number of nitrogens with zero attached hydrogens (tertiary/aromatic N) is 3. The molecule has 2 aromatic heterocycles. The zero-order valence-corrected chi connectivity index (χ0v) is 12.9. The maximum Gasteiger partial charge on any atom is 0.325 e. The summed E-state index contributed by atoms with van der Waals surface area (Å²) in [6.07, 6.45) is 3.10. The smallest absolute Gasteiger partial charge is 0.305 e. The molecule has 0 unspecified atom stereocenters. The Morgan fingerprint density at radius 2 is 2.14 bits per heavy atom. The number of nitrogens with one attached hydrogen (secondary N) is 3. The summed E-state index contributed by atoms with van der Waals surface area (Å²) in [4.78, 5) is 16.0. The Kier molecular flexibility index (Phi) is 4.66. The molecule has 0 bridgehead atoms. The lowest BCUT2D eigenvalue weighted by molar-refractivity contribution is 0.262. The van der Waals surface area contributed by atoms with Gasteiger partial charge in [-0.25, -0.2) is 4.79 Å². The predicted molar refractivity (Wildman–Crippen MR) is 87.1 cm³/mol. The first-order chi connectivity index (χ1) is 10.8. The summed E-state index contributed by atoms with van der Waals surface area (Å²) in [6, 6.07) is 9.70. The fourth-order valence-corrected chi connectivity index (χ4v) is 3.12. The lowest BCUT2D eigenvalue weighted by Crippen LogP contribution is -2.18. The molecule has 7 nitrogen and oxygen atoms in total. The monoisotopic (exact) mass is 332 g/mol. The standard InChI is InChI=1S/C13H12N6OS2/c20-11(16-10-6-14-15-7-10)17-12-18-13(19-22-12)21-8-9-4-2-1-3-5-9/h1-7H,8H2,(H,14,15)(H2,16,17,18,19,20). The molecule has 9 heteroatoms. The second-order valence-corrected chi connectivity index (χ2v) is 5.92. The number of aromatic amines is 1. The molecule has 0 fully saturated rings. The summed E-state index contributed by atoms with van der Waals surface area (Å²) in [6.45, 7) is 0. The van der Waals surface area contributed by atoms with E-state index in [1.165, 1.54) is 23.5 Å². The molecule has 0 saturated heterocycles. The molecule has 3 N–H and O–H groups in total. The van der Waals surface area contributed by atoms with Gasteiger partial charge in [0.05, 0.1) is 11.9 Å². The molecular formula is C13H12N6OS2. The minimum absolute atomic E-state index is 0.378. The maximum absolute atomic E-state index is 11.7. The van der Waals surface area contributed by atoms with Crippen molar-refractivity contribution < 1.29 is 4.79 Å². The number of anilines is 2. The maximum atomic E-state index is 11.7. The Balaban J connectivity index is 1.51. The van der Waals surface area contributed by atoms with Gasteiger partial charge in [0.2, 0.25) is 10.3 Å². The van der Waals surface area contributed by atoms with Crippen LogP contribution in [0.25, 0.3) is 0 Å². The Hall–Kier alpha value is -2.39. The van der Waals surface area contributed by atoms with E-state index in [4.69, 9.17) is 0 Å². The molecule has 1 aromatic carbocycles. The Labute approximate surface area is 134 Å². The van der Waals surface area contributed by atoms with Crippen LogP contribution in [0.1, 0.15) is 5.56 Å². The van der Waals surface area contributed by atoms with Crippen LogP contribution in [0.3, 0.4) is 0 Å². The highest BCUT2D eigenvalue weighted by Gasteiger charge is 2.09. The molecule has 2 heterocycles. The van der Waals surface area contributed by atoms with Crippen molar-refractivity contribution >= 4 is 40.1 Å². The molecule has 0 aliphatic rings. The number of aromatic nitrogens is 4. The van der Waals surface area contributed by atoms with E-state index >= 15 is 0 Å². The second-order valence-electron chi connectivity index (χ2n) is 4.22. The minimum atomic E-state index is -0.378. The van der Waals surface area contributed by atoms with E-state index in [0.717, 1.165) is 17.3 Å². The van der Waals surface area contributed by atoms with Crippen molar-refractivity contribution in [3.63, 3.8) is 0 Å². The molecule has 0 aliphatic carbocycles. The zero-order valence-electron chi connectivity index (χ0n) is 11.3. The molecule has 112 valence electrons. The van der Waals surface area contributed by atoms with Gasteiger partial charge in [0.15, 0.2) is 0 Å². The van der Waals surface area contributed by atoms with Crippen LogP contribution in [-0.4, -0.2) is 25.6 Å². The third-order valence-corrected chi connectivity index (χ3v) is 4.26. The van der Waals surface area contributed by atoms with E-state index in [0.29, 0.717) is 16.0 Å². The van der Waals surface area contributed by atoms with Crippen LogP contribution in [0.2, 0.25) is 0 Å². The fraction of sp³-hybridized carbons (Fsp3) is 0.0769. The zero-order chi connectivity index (χ0) is 15.2. The molecule has 2 amide bonds. The summed E-state index contributed by atoms with van der Waals surface area (Å²) in [5, 5.41) is 12.7. The van der Waals surface area contributed by atoms with Crippen LogP contribution in [0.15, 0.2) is 47.9 Å². The van der Waals surface area contributed by atoms with Crippen LogP contribution in [-0.2, 0) is 5.75 Å². The number of rotatable bonds is 5. The molecule has 0 radical (unpaired) electrons. The Morgan fingerprint density at radius 3 is 2.91 bits per heavy atom. The third kappa shape index (κ3) is 4.06. The summed E-state index contributed by atoms with van der Waals surface area (Å²) in [5.41, 5.74) is 1.79. The molecule has 0 spiro atoms. The number of benzene rings is 1. The number of amides is 2. The summed E-state index contributed by atoms with van der Waals surface area (Å²) >= 11 is 2.68. The SMILES string of the molecule is O=C(Nc1cn[nH]c1)Nc1nc(SCc2ccccc2)ns1. The van der Waals surface area contributed by atoms with Crippen LogP contribution < -0.4 is 10.6 Å². The molecule has 0 aliphatic heterocycles. The highest BCUT2D eigenvalue weighted by atomic mass is 32.2. The summed E-state index contributed by atoms with van der Waals surface area (Å²) < 4.78 is 4.21. The number of hydrogen-bond donors (Lipinski definition) is 3. The van der Waals surface area contributed by atoms with Crippen LogP contribution in [0.5, 0.6) is 0 Å². The molecule has 0 atom stereocenters. The quantitative estimate of drug-likeness (QED) is 0.624. The predicted octanol–water partition coefficient (Wildman–Crippen LogP) is 3.20. The van der Waals surface area contributed by atoms with E-state index in [1.807, 2.05) is 18.2 Å². The molecule has 22 heavy (non-hydrogen) atoms. The summed E-state index contributed by atoms with van der Waals surface area (Å²) in [7, 11) is 0. The van der Waals surface area contributed by atoms with Gasteiger partial charge in [-0.2, -0.15) is 14.5 Å². The van der Waals surface area contributed by atoms with E-state index < -0.39 is 0 Å². The van der Waals surface area contributed by atoms with Gasteiger partial charge in [-0.1, -0.05) is 42.1 Å². The lowest BCUT2D eigenvalue weighted by Gasteiger charge is -2.01. The van der Waals surface area contributed by atoms with E-state index in [9.17, 15) is 4.79 Å². The van der Waals surface area contributed by atoms with Crippen molar-refractivity contribution in [3.8, 4) is 0 Å². The van der Waals surface area contributed by atoms with Crippen molar-refractivity contribution in [2.75, 3.05) is 10.6 Å². The first-order valence-electron chi connectivity index (χ1n) is 6.37. The Bertz CT molecular complexity index is 728. The lowest BCUT2D eigenvalue weighted by atomic mass is 10.2. The number of urea groups is 1. The van der Waals surface area contributed by atoms with Gasteiger partial charge in [-0.15, -0.1) is 0 Å². The van der Waals surface area contributed by atoms with Crippen LogP contribution in [0.4, 0.5) is 15.6 Å². The van der Waals surface area contributed by atoms with Gasteiger partial charge in [-0.3, -0.25) is 10.4 Å². The van der Waals surface area contributed by atoms with Gasteiger partial charge >= 0.3 is 6.03 Å². The highest BCUT2D eigenvalue weighted by Crippen LogP contribution is 2.23. The number of hydrogen-bond acceptors (Lipinski definition) is 6. The Morgan fingerprint density at radius 1 is 1.27 bits per heavy atom. The van der Waals surface area contributed by atoms with Crippen molar-refractivity contribution in [3.05, 3.63) is 48.3 Å². The average molecular weight is 332 g/mol. The highest BCUT2D eigenvalue weighted by molar-refractivity contribution is 7.98. The number of H-pyrrole nitrogens is 1. The van der Waals surface area contributed by atoms with Gasteiger partial charge in [0.1, 0.15) is 0 Å².